The summed E-state index contributed by atoms with van der Waals surface area (Å²) < 4.78 is 26.9. The van der Waals surface area contributed by atoms with Crippen LogP contribution in [0.25, 0.3) is 0 Å². The van der Waals surface area contributed by atoms with Gasteiger partial charge >= 0.3 is 0 Å². The van der Waals surface area contributed by atoms with E-state index in [2.05, 4.69) is 21.2 Å². The molecule has 0 aliphatic carbocycles. The van der Waals surface area contributed by atoms with Crippen molar-refractivity contribution in [2.75, 3.05) is 23.7 Å². The number of halogens is 2. The van der Waals surface area contributed by atoms with Crippen LogP contribution >= 0.6 is 27.5 Å². The molecule has 1 N–H and O–H groups in total. The second kappa shape index (κ2) is 12.4. The van der Waals surface area contributed by atoms with Crippen LogP contribution in [0, 0.1) is 0 Å². The van der Waals surface area contributed by atoms with Crippen LogP contribution in [0.4, 0.5) is 5.69 Å². The number of unbranched alkanes of at least 4 members (excludes halogenated alkanes) is 1. The van der Waals surface area contributed by atoms with Gasteiger partial charge in [0.15, 0.2) is 0 Å². The van der Waals surface area contributed by atoms with E-state index >= 15 is 0 Å². The average molecular weight is 559 g/mol. The Morgan fingerprint density at radius 1 is 1.12 bits per heavy atom. The summed E-state index contributed by atoms with van der Waals surface area (Å²) >= 11 is 9.60. The minimum atomic E-state index is -3.82. The minimum Gasteiger partial charge on any atom is -0.354 e. The molecule has 0 radical (unpaired) electrons. The summed E-state index contributed by atoms with van der Waals surface area (Å²) in [5, 5.41) is 3.05. The Balaban J connectivity index is 2.34. The highest BCUT2D eigenvalue weighted by atomic mass is 79.9. The highest BCUT2D eigenvalue weighted by molar-refractivity contribution is 9.10. The van der Waals surface area contributed by atoms with Gasteiger partial charge < -0.3 is 10.2 Å². The summed E-state index contributed by atoms with van der Waals surface area (Å²) in [5.41, 5.74) is 1.02. The lowest BCUT2D eigenvalue weighted by Crippen LogP contribution is -2.51. The molecule has 180 valence electrons. The van der Waals surface area contributed by atoms with Crippen LogP contribution in [0.5, 0.6) is 0 Å². The van der Waals surface area contributed by atoms with Crippen molar-refractivity contribution in [1.82, 2.24) is 10.2 Å². The molecular weight excluding hydrogens is 530 g/mol. The molecule has 0 aliphatic heterocycles. The van der Waals surface area contributed by atoms with Gasteiger partial charge in [0.2, 0.25) is 21.8 Å². The number of hydrogen-bond donors (Lipinski definition) is 1. The minimum absolute atomic E-state index is 0.147. The molecule has 0 aliphatic rings. The third-order valence-corrected chi connectivity index (χ3v) is 7.04. The van der Waals surface area contributed by atoms with Crippen molar-refractivity contribution < 1.29 is 18.0 Å². The third kappa shape index (κ3) is 8.01. The zero-order valence-electron chi connectivity index (χ0n) is 18.9. The van der Waals surface area contributed by atoms with E-state index in [0.29, 0.717) is 6.54 Å². The lowest BCUT2D eigenvalue weighted by Gasteiger charge is -2.31. The molecule has 2 rings (SSSR count). The third-order valence-electron chi connectivity index (χ3n) is 5.06. The van der Waals surface area contributed by atoms with Gasteiger partial charge in [0, 0.05) is 17.6 Å². The molecule has 10 heteroatoms. The summed E-state index contributed by atoms with van der Waals surface area (Å²) in [6.45, 7) is 3.83. The van der Waals surface area contributed by atoms with E-state index in [1.807, 2.05) is 31.2 Å². The van der Waals surface area contributed by atoms with E-state index in [4.69, 9.17) is 11.6 Å². The van der Waals surface area contributed by atoms with E-state index < -0.39 is 28.5 Å². The molecule has 1 atom stereocenters. The zero-order chi connectivity index (χ0) is 24.6. The first kappa shape index (κ1) is 27.1. The van der Waals surface area contributed by atoms with Crippen LogP contribution in [0.1, 0.15) is 32.3 Å². The first-order chi connectivity index (χ1) is 15.5. The smallest absolute Gasteiger partial charge is 0.244 e. The number of amides is 2. The summed E-state index contributed by atoms with van der Waals surface area (Å²) in [5.74, 6) is -0.807. The number of hydrogen-bond acceptors (Lipinski definition) is 4. The van der Waals surface area contributed by atoms with Crippen molar-refractivity contribution in [3.63, 3.8) is 0 Å². The van der Waals surface area contributed by atoms with Gasteiger partial charge in [0.05, 0.1) is 17.0 Å². The monoisotopic (exact) mass is 557 g/mol. The van der Waals surface area contributed by atoms with Crippen molar-refractivity contribution in [2.45, 2.75) is 39.3 Å². The quantitative estimate of drug-likeness (QED) is 0.419. The van der Waals surface area contributed by atoms with Crippen molar-refractivity contribution in [2.24, 2.45) is 0 Å². The normalized spacial score (nSPS) is 12.2. The van der Waals surface area contributed by atoms with Crippen molar-refractivity contribution in [3.8, 4) is 0 Å². The fourth-order valence-corrected chi connectivity index (χ4v) is 4.57. The van der Waals surface area contributed by atoms with E-state index in [1.165, 1.54) is 11.0 Å². The maximum absolute atomic E-state index is 13.4. The van der Waals surface area contributed by atoms with Gasteiger partial charge in [-0.05, 0) is 43.2 Å². The van der Waals surface area contributed by atoms with Gasteiger partial charge in [-0.2, -0.15) is 0 Å². The molecule has 0 aromatic heterocycles. The topological polar surface area (TPSA) is 86.8 Å². The number of rotatable bonds is 11. The summed E-state index contributed by atoms with van der Waals surface area (Å²) in [7, 11) is -3.82. The van der Waals surface area contributed by atoms with Gasteiger partial charge in [-0.25, -0.2) is 8.42 Å². The van der Waals surface area contributed by atoms with Gasteiger partial charge in [-0.3, -0.25) is 13.9 Å². The highest BCUT2D eigenvalue weighted by Gasteiger charge is 2.30. The van der Waals surface area contributed by atoms with E-state index in [0.717, 1.165) is 33.4 Å². The summed E-state index contributed by atoms with van der Waals surface area (Å²) in [4.78, 5) is 27.6. The van der Waals surface area contributed by atoms with E-state index in [-0.39, 0.29) is 23.2 Å². The standard InChI is InChI=1S/C23H29BrClN3O4S/c1-4-5-14-26-23(30)17(2)27(15-18-10-12-19(24)13-11-18)22(29)16-28(33(3,31)32)21-9-7-6-8-20(21)25/h6-13,17H,4-5,14-16H2,1-3H3,(H,26,30)/t17-/m1/s1. The predicted molar refractivity (Wildman–Crippen MR) is 136 cm³/mol. The Morgan fingerprint density at radius 2 is 1.76 bits per heavy atom. The molecule has 2 amide bonds. The van der Waals surface area contributed by atoms with Gasteiger partial charge in [-0.15, -0.1) is 0 Å². The Bertz CT molecular complexity index is 1060. The Hall–Kier alpha value is -2.10. The first-order valence-corrected chi connectivity index (χ1v) is 13.6. The van der Waals surface area contributed by atoms with Crippen molar-refractivity contribution in [3.05, 3.63) is 63.6 Å². The number of carbonyl (C=O) groups is 2. The van der Waals surface area contributed by atoms with Gasteiger partial charge in [-0.1, -0.05) is 65.1 Å². The van der Waals surface area contributed by atoms with Crippen LogP contribution in [-0.4, -0.2) is 50.5 Å². The molecule has 0 saturated heterocycles. The Labute approximate surface area is 209 Å². The first-order valence-electron chi connectivity index (χ1n) is 10.6. The second-order valence-electron chi connectivity index (χ2n) is 7.69. The molecule has 0 fully saturated rings. The molecule has 0 bridgehead atoms. The number of sulfonamides is 1. The van der Waals surface area contributed by atoms with Gasteiger partial charge in [0.25, 0.3) is 0 Å². The molecule has 0 spiro atoms. The summed E-state index contributed by atoms with van der Waals surface area (Å²) in [6.07, 6.45) is 2.77. The SMILES string of the molecule is CCCCNC(=O)[C@@H](C)N(Cc1ccc(Br)cc1)C(=O)CN(c1ccccc1Cl)S(C)(=O)=O. The van der Waals surface area contributed by atoms with Crippen LogP contribution in [0.15, 0.2) is 53.0 Å². The average Bonchev–Trinajstić information content (AvgIpc) is 2.76. The number of nitrogens with one attached hydrogen (secondary N) is 1. The molecule has 2 aromatic rings. The van der Waals surface area contributed by atoms with Crippen LogP contribution < -0.4 is 9.62 Å². The van der Waals surface area contributed by atoms with E-state index in [1.54, 1.807) is 25.1 Å². The molecule has 0 heterocycles. The van der Waals surface area contributed by atoms with E-state index in [9.17, 15) is 18.0 Å². The Morgan fingerprint density at radius 3 is 2.33 bits per heavy atom. The van der Waals surface area contributed by atoms with Gasteiger partial charge in [0.1, 0.15) is 12.6 Å². The summed E-state index contributed by atoms with van der Waals surface area (Å²) in [6, 6.07) is 13.0. The van der Waals surface area contributed by atoms with Crippen LogP contribution in [0.3, 0.4) is 0 Å². The number of carbonyl (C=O) groups excluding carboxylic acids is 2. The number of anilines is 1. The molecule has 7 nitrogen and oxygen atoms in total. The molecule has 2 aromatic carbocycles. The maximum Gasteiger partial charge on any atom is 0.244 e. The molecule has 0 unspecified atom stereocenters. The lowest BCUT2D eigenvalue weighted by atomic mass is 10.1. The number of benzene rings is 2. The lowest BCUT2D eigenvalue weighted by molar-refractivity contribution is -0.139. The number of para-hydroxylation sites is 1. The fraction of sp³-hybridized carbons (Fsp3) is 0.391. The molecule has 33 heavy (non-hydrogen) atoms. The number of nitrogens with zero attached hydrogens (tertiary/aromatic N) is 2. The second-order valence-corrected chi connectivity index (χ2v) is 10.9. The van der Waals surface area contributed by atoms with Crippen LogP contribution in [-0.2, 0) is 26.2 Å². The van der Waals surface area contributed by atoms with Crippen LogP contribution in [0.2, 0.25) is 5.02 Å². The van der Waals surface area contributed by atoms with Crippen molar-refractivity contribution in [1.29, 1.82) is 0 Å². The predicted octanol–water partition coefficient (Wildman–Crippen LogP) is 4.20. The fourth-order valence-electron chi connectivity index (χ4n) is 3.15. The Kier molecular flexibility index (Phi) is 10.2. The molecule has 0 saturated carbocycles. The highest BCUT2D eigenvalue weighted by Crippen LogP contribution is 2.27. The molecular formula is C23H29BrClN3O4S. The zero-order valence-corrected chi connectivity index (χ0v) is 22.1. The largest absolute Gasteiger partial charge is 0.354 e. The van der Waals surface area contributed by atoms with Crippen molar-refractivity contribution >= 4 is 55.1 Å². The maximum atomic E-state index is 13.4.